The minimum Gasteiger partial charge on any atom is -0.494 e. The van der Waals surface area contributed by atoms with E-state index in [-0.39, 0.29) is 11.6 Å². The van der Waals surface area contributed by atoms with Gasteiger partial charge >= 0.3 is 0 Å². The van der Waals surface area contributed by atoms with Gasteiger partial charge in [-0.1, -0.05) is 6.07 Å². The lowest BCUT2D eigenvalue weighted by Crippen LogP contribution is -2.25. The fraction of sp³-hybridized carbons (Fsp3) is 0.353. The Kier molecular flexibility index (Phi) is 3.13. The molecule has 22 heavy (non-hydrogen) atoms. The Morgan fingerprint density at radius 1 is 1.32 bits per heavy atom. The number of nitrogens with zero attached hydrogens (tertiary/aromatic N) is 2. The van der Waals surface area contributed by atoms with Crippen LogP contribution < -0.4 is 15.0 Å². The minimum absolute atomic E-state index is 0.259. The number of anilines is 2. The standard InChI is InChI=1S/C17H18FN3O/c1-22-16-5-4-12(6-14(16)18)13-7-15-17(19-8-13)20-10-21(15)9-11-2-3-11/h4-8,11H,2-3,9-10H2,1H3,(H,19,20). The van der Waals surface area contributed by atoms with E-state index in [0.29, 0.717) is 0 Å². The molecule has 0 atom stereocenters. The summed E-state index contributed by atoms with van der Waals surface area (Å²) in [4.78, 5) is 6.80. The SMILES string of the molecule is COc1ccc(-c2cnc3c(c2)N(CC2CC2)CN3)cc1F. The zero-order chi connectivity index (χ0) is 15.1. The van der Waals surface area contributed by atoms with Crippen molar-refractivity contribution in [3.05, 3.63) is 36.3 Å². The average molecular weight is 299 g/mol. The zero-order valence-corrected chi connectivity index (χ0v) is 12.5. The lowest BCUT2D eigenvalue weighted by molar-refractivity contribution is 0.386. The van der Waals surface area contributed by atoms with E-state index in [2.05, 4.69) is 21.3 Å². The Labute approximate surface area is 128 Å². The van der Waals surface area contributed by atoms with E-state index < -0.39 is 0 Å². The molecule has 0 unspecified atom stereocenters. The molecule has 0 bridgehead atoms. The van der Waals surface area contributed by atoms with Crippen LogP contribution >= 0.6 is 0 Å². The Bertz CT molecular complexity index is 715. The fourth-order valence-corrected chi connectivity index (χ4v) is 2.86. The van der Waals surface area contributed by atoms with Gasteiger partial charge in [-0.05, 0) is 42.5 Å². The van der Waals surface area contributed by atoms with Gasteiger partial charge in [0.15, 0.2) is 17.4 Å². The molecule has 1 N–H and O–H groups in total. The molecule has 0 radical (unpaired) electrons. The predicted octanol–water partition coefficient (Wildman–Crippen LogP) is 3.50. The van der Waals surface area contributed by atoms with Crippen LogP contribution in [0.5, 0.6) is 5.75 Å². The van der Waals surface area contributed by atoms with Gasteiger partial charge < -0.3 is 15.0 Å². The summed E-state index contributed by atoms with van der Waals surface area (Å²) in [5.41, 5.74) is 2.84. The molecule has 0 amide bonds. The summed E-state index contributed by atoms with van der Waals surface area (Å²) in [6.07, 6.45) is 4.43. The number of ether oxygens (including phenoxy) is 1. The molecule has 5 heteroatoms. The highest BCUT2D eigenvalue weighted by molar-refractivity contribution is 5.78. The van der Waals surface area contributed by atoms with Crippen molar-refractivity contribution in [1.82, 2.24) is 4.98 Å². The molecule has 1 aliphatic heterocycles. The maximum atomic E-state index is 13.9. The van der Waals surface area contributed by atoms with Crippen LogP contribution in [0.25, 0.3) is 11.1 Å². The van der Waals surface area contributed by atoms with Gasteiger partial charge in [0.05, 0.1) is 19.5 Å². The average Bonchev–Trinajstić information content (AvgIpc) is 3.27. The molecular formula is C17H18FN3O. The molecule has 2 aliphatic rings. The summed E-state index contributed by atoms with van der Waals surface area (Å²) in [6.45, 7) is 1.88. The van der Waals surface area contributed by atoms with Crippen LogP contribution in [0.15, 0.2) is 30.5 Å². The largest absolute Gasteiger partial charge is 0.494 e. The molecule has 1 aromatic carbocycles. The van der Waals surface area contributed by atoms with E-state index in [1.165, 1.54) is 26.0 Å². The van der Waals surface area contributed by atoms with Crippen molar-refractivity contribution in [2.45, 2.75) is 12.8 Å². The molecular weight excluding hydrogens is 281 g/mol. The highest BCUT2D eigenvalue weighted by Crippen LogP contribution is 2.38. The molecule has 114 valence electrons. The fourth-order valence-electron chi connectivity index (χ4n) is 2.86. The first-order valence-corrected chi connectivity index (χ1v) is 7.57. The molecule has 0 saturated heterocycles. The van der Waals surface area contributed by atoms with Crippen LogP contribution in [0.3, 0.4) is 0 Å². The smallest absolute Gasteiger partial charge is 0.165 e. The van der Waals surface area contributed by atoms with Gasteiger partial charge in [0.1, 0.15) is 0 Å². The minimum atomic E-state index is -0.353. The number of benzene rings is 1. The van der Waals surface area contributed by atoms with Crippen LogP contribution in [-0.2, 0) is 0 Å². The van der Waals surface area contributed by atoms with Gasteiger partial charge in [0.25, 0.3) is 0 Å². The van der Waals surface area contributed by atoms with Gasteiger partial charge in [0.2, 0.25) is 0 Å². The van der Waals surface area contributed by atoms with E-state index in [1.807, 2.05) is 6.07 Å². The third-order valence-corrected chi connectivity index (χ3v) is 4.31. The topological polar surface area (TPSA) is 37.4 Å². The summed E-state index contributed by atoms with van der Waals surface area (Å²) < 4.78 is 18.9. The van der Waals surface area contributed by atoms with Gasteiger partial charge in [-0.2, -0.15) is 0 Å². The monoisotopic (exact) mass is 299 g/mol. The van der Waals surface area contributed by atoms with Crippen LogP contribution in [0.2, 0.25) is 0 Å². The maximum Gasteiger partial charge on any atom is 0.165 e. The Morgan fingerprint density at radius 3 is 2.91 bits per heavy atom. The second-order valence-electron chi connectivity index (χ2n) is 5.94. The van der Waals surface area contributed by atoms with Crippen molar-refractivity contribution in [2.24, 2.45) is 5.92 Å². The first kappa shape index (κ1) is 13.4. The van der Waals surface area contributed by atoms with Gasteiger partial charge in [0, 0.05) is 18.3 Å². The first-order valence-electron chi connectivity index (χ1n) is 7.57. The maximum absolute atomic E-state index is 13.9. The highest BCUT2D eigenvalue weighted by Gasteiger charge is 2.28. The summed E-state index contributed by atoms with van der Waals surface area (Å²) in [6, 6.07) is 7.10. The second kappa shape index (κ2) is 5.16. The van der Waals surface area contributed by atoms with Crippen molar-refractivity contribution < 1.29 is 9.13 Å². The Balaban J connectivity index is 1.67. The Hall–Kier alpha value is -2.30. The second-order valence-corrected chi connectivity index (χ2v) is 5.94. The van der Waals surface area contributed by atoms with Gasteiger partial charge in [-0.25, -0.2) is 9.37 Å². The third-order valence-electron chi connectivity index (χ3n) is 4.31. The van der Waals surface area contributed by atoms with E-state index in [0.717, 1.165) is 41.8 Å². The third kappa shape index (κ3) is 2.36. The number of aromatic nitrogens is 1. The van der Waals surface area contributed by atoms with Gasteiger partial charge in [-0.15, -0.1) is 0 Å². The van der Waals surface area contributed by atoms with E-state index >= 15 is 0 Å². The van der Waals surface area contributed by atoms with Gasteiger partial charge in [-0.3, -0.25) is 0 Å². The van der Waals surface area contributed by atoms with Crippen molar-refractivity contribution in [1.29, 1.82) is 0 Å². The number of hydrogen-bond acceptors (Lipinski definition) is 4. The van der Waals surface area contributed by atoms with Crippen molar-refractivity contribution in [3.8, 4) is 16.9 Å². The molecule has 4 rings (SSSR count). The quantitative estimate of drug-likeness (QED) is 0.937. The summed E-state index contributed by atoms with van der Waals surface area (Å²) >= 11 is 0. The number of pyridine rings is 1. The molecule has 2 heterocycles. The molecule has 0 spiro atoms. The van der Waals surface area contributed by atoms with E-state index in [9.17, 15) is 4.39 Å². The van der Waals surface area contributed by atoms with Crippen LogP contribution in [0.4, 0.5) is 15.9 Å². The summed E-state index contributed by atoms with van der Waals surface area (Å²) in [7, 11) is 1.47. The van der Waals surface area contributed by atoms with E-state index in [1.54, 1.807) is 12.3 Å². The number of hydrogen-bond donors (Lipinski definition) is 1. The summed E-state index contributed by atoms with van der Waals surface area (Å²) in [5.74, 6) is 1.64. The molecule has 2 aromatic rings. The number of halogens is 1. The van der Waals surface area contributed by atoms with Crippen molar-refractivity contribution >= 4 is 11.5 Å². The molecule has 1 aliphatic carbocycles. The highest BCUT2D eigenvalue weighted by atomic mass is 19.1. The number of rotatable bonds is 4. The van der Waals surface area contributed by atoms with E-state index in [4.69, 9.17) is 4.74 Å². The molecule has 4 nitrogen and oxygen atoms in total. The van der Waals surface area contributed by atoms with Crippen molar-refractivity contribution in [3.63, 3.8) is 0 Å². The zero-order valence-electron chi connectivity index (χ0n) is 12.5. The molecule has 1 saturated carbocycles. The van der Waals surface area contributed by atoms with Crippen LogP contribution in [0, 0.1) is 11.7 Å². The number of fused-ring (bicyclic) bond motifs is 1. The number of nitrogens with one attached hydrogen (secondary N) is 1. The molecule has 1 fully saturated rings. The van der Waals surface area contributed by atoms with Crippen LogP contribution in [-0.4, -0.2) is 25.3 Å². The lowest BCUT2D eigenvalue weighted by atomic mass is 10.1. The predicted molar refractivity (Wildman–Crippen MR) is 84.7 cm³/mol. The Morgan fingerprint density at radius 2 is 2.18 bits per heavy atom. The normalized spacial score (nSPS) is 16.4. The number of methoxy groups -OCH3 is 1. The van der Waals surface area contributed by atoms with Crippen LogP contribution in [0.1, 0.15) is 12.8 Å². The first-order chi connectivity index (χ1) is 10.7. The molecule has 1 aromatic heterocycles. The van der Waals surface area contributed by atoms with Crippen molar-refractivity contribution in [2.75, 3.05) is 30.5 Å². The lowest BCUT2D eigenvalue weighted by Gasteiger charge is -2.17. The summed E-state index contributed by atoms with van der Waals surface area (Å²) in [5, 5.41) is 3.31.